The molecule has 0 spiro atoms. The van der Waals surface area contributed by atoms with Crippen LogP contribution in [-0.4, -0.2) is 83.3 Å². The van der Waals surface area contributed by atoms with Gasteiger partial charge in [0.05, 0.1) is 43.7 Å². The zero-order chi connectivity index (χ0) is 33.6. The molecule has 1 aromatic heterocycles. The van der Waals surface area contributed by atoms with Gasteiger partial charge in [0.15, 0.2) is 23.4 Å². The summed E-state index contributed by atoms with van der Waals surface area (Å²) in [7, 11) is -3.87. The Morgan fingerprint density at radius 3 is 2.57 bits per heavy atom. The lowest BCUT2D eigenvalue weighted by Crippen LogP contribution is -2.43. The molecule has 2 fully saturated rings. The predicted octanol–water partition coefficient (Wildman–Crippen LogP) is 3.65. The number of benzene rings is 2. The van der Waals surface area contributed by atoms with E-state index in [9.17, 15) is 32.3 Å². The van der Waals surface area contributed by atoms with Crippen molar-refractivity contribution >= 4 is 21.7 Å². The average molecular weight is 678 g/mol. The molecule has 3 aromatic rings. The molecule has 254 valence electrons. The molecule has 0 amide bonds. The number of aromatic nitrogens is 1. The van der Waals surface area contributed by atoms with Crippen LogP contribution in [-0.2, 0) is 25.9 Å². The number of phenols is 1. The van der Waals surface area contributed by atoms with Gasteiger partial charge in [-0.25, -0.2) is 13.2 Å². The molecule has 5 rings (SSSR count). The number of halogens is 2. The summed E-state index contributed by atoms with van der Waals surface area (Å²) >= 11 is 0. The van der Waals surface area contributed by atoms with Crippen LogP contribution in [0.2, 0.25) is 0 Å². The lowest BCUT2D eigenvalue weighted by atomic mass is 10.0. The Hall–Kier alpha value is -4.21. The van der Waals surface area contributed by atoms with E-state index in [0.29, 0.717) is 55.7 Å². The highest BCUT2D eigenvalue weighted by atomic mass is 32.2. The van der Waals surface area contributed by atoms with E-state index in [-0.39, 0.29) is 47.2 Å². The minimum atomic E-state index is -3.87. The number of nitrogens with zero attached hydrogens (tertiary/aromatic N) is 3. The molecule has 1 saturated heterocycles. The second-order valence-electron chi connectivity index (χ2n) is 11.4. The lowest BCUT2D eigenvalue weighted by Gasteiger charge is -2.30. The highest BCUT2D eigenvalue weighted by molar-refractivity contribution is 7.92. The minimum absolute atomic E-state index is 0.0156. The van der Waals surface area contributed by atoms with Gasteiger partial charge in [-0.15, -0.1) is 0 Å². The highest BCUT2D eigenvalue weighted by Gasteiger charge is 2.28. The number of rotatable bonds is 15. The van der Waals surface area contributed by atoms with Crippen molar-refractivity contribution in [2.75, 3.05) is 56.6 Å². The van der Waals surface area contributed by atoms with E-state index >= 15 is 0 Å². The van der Waals surface area contributed by atoms with Crippen molar-refractivity contribution in [3.05, 3.63) is 82.8 Å². The van der Waals surface area contributed by atoms with Crippen LogP contribution in [0.25, 0.3) is 0 Å². The maximum Gasteiger partial charge on any atom is 0.387 e. The Balaban J connectivity index is 1.43. The van der Waals surface area contributed by atoms with Crippen LogP contribution in [0, 0.1) is 11.1 Å². The van der Waals surface area contributed by atoms with Crippen LogP contribution >= 0.6 is 0 Å². The van der Waals surface area contributed by atoms with Crippen molar-refractivity contribution < 1.29 is 50.8 Å². The number of alkyl halides is 2. The Bertz CT molecular complexity index is 1650. The summed E-state index contributed by atoms with van der Waals surface area (Å²) in [4.78, 5) is 15.7. The van der Waals surface area contributed by atoms with E-state index in [2.05, 4.69) is 4.74 Å². The summed E-state index contributed by atoms with van der Waals surface area (Å²) in [6.07, 6.45) is 3.03. The van der Waals surface area contributed by atoms with Crippen LogP contribution < -0.4 is 18.5 Å². The first kappa shape index (κ1) is 34.1. The van der Waals surface area contributed by atoms with Gasteiger partial charge in [-0.05, 0) is 54.7 Å². The van der Waals surface area contributed by atoms with Gasteiger partial charge in [0.1, 0.15) is 11.9 Å². The van der Waals surface area contributed by atoms with Crippen molar-refractivity contribution in [1.29, 1.82) is 0 Å². The fraction of sp³-hybridized carbons (Fsp3) is 0.438. The zero-order valence-corrected chi connectivity index (χ0v) is 26.6. The fourth-order valence-corrected chi connectivity index (χ4v) is 6.05. The number of esters is 1. The molecule has 12 nitrogen and oxygen atoms in total. The van der Waals surface area contributed by atoms with Gasteiger partial charge in [0, 0.05) is 38.3 Å². The molecule has 1 aliphatic heterocycles. The van der Waals surface area contributed by atoms with Gasteiger partial charge in [-0.2, -0.15) is 13.5 Å². The first-order chi connectivity index (χ1) is 22.5. The minimum Gasteiger partial charge on any atom is -0.618 e. The Labute approximate surface area is 271 Å². The summed E-state index contributed by atoms with van der Waals surface area (Å²) in [5, 5.41) is 23.2. The van der Waals surface area contributed by atoms with E-state index in [4.69, 9.17) is 14.2 Å². The molecule has 15 heteroatoms. The van der Waals surface area contributed by atoms with E-state index in [1.165, 1.54) is 42.6 Å². The summed E-state index contributed by atoms with van der Waals surface area (Å²) in [6, 6.07) is 12.7. The van der Waals surface area contributed by atoms with Crippen molar-refractivity contribution in [3.63, 3.8) is 0 Å². The van der Waals surface area contributed by atoms with Gasteiger partial charge >= 0.3 is 12.6 Å². The topological polar surface area (TPSA) is 142 Å². The van der Waals surface area contributed by atoms with Crippen molar-refractivity contribution in [2.24, 2.45) is 5.92 Å². The van der Waals surface area contributed by atoms with Crippen LogP contribution in [0.15, 0.2) is 60.8 Å². The molecular weight excluding hydrogens is 640 g/mol. The van der Waals surface area contributed by atoms with Crippen LogP contribution in [0.3, 0.4) is 0 Å². The fourth-order valence-electron chi connectivity index (χ4n) is 5.13. The first-order valence-electron chi connectivity index (χ1n) is 15.2. The number of pyridine rings is 1. The van der Waals surface area contributed by atoms with E-state index in [1.807, 2.05) is 4.90 Å². The average Bonchev–Trinajstić information content (AvgIpc) is 3.86. The maximum atomic E-state index is 13.6. The van der Waals surface area contributed by atoms with Crippen molar-refractivity contribution in [1.82, 2.24) is 4.90 Å². The predicted molar refractivity (Wildman–Crippen MR) is 166 cm³/mol. The van der Waals surface area contributed by atoms with Gasteiger partial charge in [0.25, 0.3) is 0 Å². The number of aromatic hydroxyl groups is 1. The third-order valence-electron chi connectivity index (χ3n) is 7.88. The third-order valence-corrected chi connectivity index (χ3v) is 9.06. The molecule has 1 saturated carbocycles. The Morgan fingerprint density at radius 1 is 1.13 bits per heavy atom. The van der Waals surface area contributed by atoms with Crippen LogP contribution in [0.4, 0.5) is 14.5 Å². The van der Waals surface area contributed by atoms with Crippen molar-refractivity contribution in [2.45, 2.75) is 32.0 Å². The number of carbonyl (C=O) groups is 1. The molecule has 2 heterocycles. The monoisotopic (exact) mass is 677 g/mol. The molecule has 47 heavy (non-hydrogen) atoms. The molecule has 1 N–H and O–H groups in total. The smallest absolute Gasteiger partial charge is 0.387 e. The second-order valence-corrected chi connectivity index (χ2v) is 13.4. The Morgan fingerprint density at radius 2 is 1.89 bits per heavy atom. The number of carbonyl (C=O) groups excluding carboxylic acids is 1. The van der Waals surface area contributed by atoms with Gasteiger partial charge in [-0.1, -0.05) is 12.1 Å². The van der Waals surface area contributed by atoms with Gasteiger partial charge < -0.3 is 29.3 Å². The number of ether oxygens (including phenoxy) is 4. The number of hydrogen-bond donors (Lipinski definition) is 1. The number of hydrogen-bond acceptors (Lipinski definition) is 10. The molecule has 2 aromatic carbocycles. The summed E-state index contributed by atoms with van der Waals surface area (Å²) < 4.78 is 75.3. The quantitative estimate of drug-likeness (QED) is 0.144. The largest absolute Gasteiger partial charge is 0.618 e. The number of anilines is 1. The molecule has 2 aliphatic rings. The molecular formula is C32H37F2N3O9S. The van der Waals surface area contributed by atoms with Crippen LogP contribution in [0.5, 0.6) is 17.2 Å². The summed E-state index contributed by atoms with van der Waals surface area (Å²) in [6.45, 7) is -0.0981. The number of phenolic OH excluding ortho intramolecular Hbond substituents is 1. The molecule has 1 unspecified atom stereocenters. The highest BCUT2D eigenvalue weighted by Crippen LogP contribution is 2.37. The maximum absolute atomic E-state index is 13.6. The molecule has 0 radical (unpaired) electrons. The summed E-state index contributed by atoms with van der Waals surface area (Å²) in [5.74, 6) is -1.07. The number of sulfonamides is 1. The third kappa shape index (κ3) is 9.42. The number of morpholine rings is 1. The second kappa shape index (κ2) is 15.1. The normalized spacial score (nSPS) is 16.1. The molecule has 1 atom stereocenters. The zero-order valence-electron chi connectivity index (χ0n) is 25.8. The SMILES string of the molecule is CS(=O)(=O)N(CCN1CCOCC1)c1cc(C(=O)OC(Cc2cccc[n+]2[O-])c2ccc(OC(F)F)c(OCC3CC3)c2)ccc1O. The Kier molecular flexibility index (Phi) is 11.0. The van der Waals surface area contributed by atoms with Crippen molar-refractivity contribution in [3.8, 4) is 17.2 Å². The summed E-state index contributed by atoms with van der Waals surface area (Å²) in [5.41, 5.74) is 0.443. The lowest BCUT2D eigenvalue weighted by molar-refractivity contribution is -0.614. The molecule has 1 aliphatic carbocycles. The van der Waals surface area contributed by atoms with Gasteiger partial charge in [0.2, 0.25) is 10.0 Å². The standard InChI is InChI=1S/C32H37F2N3O9S/c1-47(41,42)37(13-12-35-14-16-43-17-15-35)26-18-24(7-9-27(26)38)31(39)45-29(20-25-4-2-3-11-36(25)40)23-8-10-28(46-32(33)34)30(19-23)44-21-22-5-6-22/h2-4,7-11,18-19,22,29,32,38H,5-6,12-17,20-21H2,1H3. The van der Waals surface area contributed by atoms with E-state index in [1.54, 1.807) is 18.2 Å². The van der Waals surface area contributed by atoms with Crippen LogP contribution in [0.1, 0.15) is 40.6 Å². The molecule has 0 bridgehead atoms. The van der Waals surface area contributed by atoms with Gasteiger partial charge in [-0.3, -0.25) is 9.21 Å². The van der Waals surface area contributed by atoms with E-state index < -0.39 is 28.7 Å². The first-order valence-corrected chi connectivity index (χ1v) is 17.0. The van der Waals surface area contributed by atoms with E-state index in [0.717, 1.165) is 23.4 Å².